The van der Waals surface area contributed by atoms with Crippen LogP contribution in [0.25, 0.3) is 0 Å². The SMILES string of the molecule is Cl[C-](Cl)Cl.[CH2-][P+]([CH2-])(c1ccccc1)c1ccccc1.[CH2-][P+]([CH2-])(c1ccccc1)c1ccccc1.[Cl][Au-][Cl].[Cl][Au]. The van der Waals surface area contributed by atoms with E-state index in [-0.39, 0.29) is 21.9 Å². The number of hydrogen-bond acceptors (Lipinski definition) is 0. The van der Waals surface area contributed by atoms with E-state index in [9.17, 15) is 0 Å². The summed E-state index contributed by atoms with van der Waals surface area (Å²) in [5, 5.41) is 4.99. The Bertz CT molecular complexity index is 933. The van der Waals surface area contributed by atoms with Gasteiger partial charge in [-0.05, 0) is 48.5 Å². The zero-order valence-electron chi connectivity index (χ0n) is 20.6. The third kappa shape index (κ3) is 16.4. The van der Waals surface area contributed by atoms with Gasteiger partial charge in [0, 0.05) is 21.2 Å². The van der Waals surface area contributed by atoms with Crippen molar-refractivity contribution in [1.29, 1.82) is 0 Å². The average molecular weight is 1050 g/mol. The van der Waals surface area contributed by atoms with Crippen LogP contribution in [-0.2, 0) is 37.6 Å². The van der Waals surface area contributed by atoms with Gasteiger partial charge in [-0.15, -0.1) is 0 Å². The molecular weight excluding hydrogens is 1020 g/mol. The van der Waals surface area contributed by atoms with Gasteiger partial charge in [-0.1, -0.05) is 77.1 Å². The van der Waals surface area contributed by atoms with Gasteiger partial charge in [0.2, 0.25) is 0 Å². The van der Waals surface area contributed by atoms with Crippen molar-refractivity contribution in [2.75, 3.05) is 0 Å². The van der Waals surface area contributed by atoms with Crippen LogP contribution in [0.15, 0.2) is 121 Å². The molecule has 39 heavy (non-hydrogen) atoms. The molecule has 222 valence electrons. The van der Waals surface area contributed by atoms with E-state index in [4.69, 9.17) is 53.2 Å². The topological polar surface area (TPSA) is 0 Å². The zero-order valence-corrected chi connectivity index (χ0v) is 31.3. The first-order valence-electron chi connectivity index (χ1n) is 10.7. The van der Waals surface area contributed by atoms with Crippen molar-refractivity contribution >= 4 is 98.1 Å². The standard InChI is InChI=1S/2C14H14P.CCl3.2Au.3ClH/c2*1-15(2,13-9-5-3-6-10-13)14-11-7-4-8-12-14;2-1(3)4;;;;;/h2*3-12H,1-2H2;;;;3*1H/q3*-1;2*+1;;;/p-3. The average Bonchev–Trinajstić information content (AvgIpc) is 2.96. The Morgan fingerprint density at radius 3 is 0.718 bits per heavy atom. The van der Waals surface area contributed by atoms with Crippen LogP contribution in [0.2, 0.25) is 0 Å². The van der Waals surface area contributed by atoms with Crippen molar-refractivity contribution in [3.05, 3.63) is 152 Å². The molecule has 0 saturated carbocycles. The fraction of sp³-hybridized carbons (Fsp3) is 0. The molecule has 0 N–H and O–H groups in total. The fourth-order valence-electron chi connectivity index (χ4n) is 3.15. The minimum absolute atomic E-state index is 0.167. The van der Waals surface area contributed by atoms with Crippen LogP contribution in [0.3, 0.4) is 0 Å². The van der Waals surface area contributed by atoms with Crippen molar-refractivity contribution in [3.8, 4) is 0 Å². The number of rotatable bonds is 4. The molecule has 0 saturated heterocycles. The molecule has 0 unspecified atom stereocenters. The Labute approximate surface area is 284 Å². The van der Waals surface area contributed by atoms with Gasteiger partial charge in [-0.25, -0.2) is 0 Å². The summed E-state index contributed by atoms with van der Waals surface area (Å²) in [4.78, 5) is 0. The second-order valence-electron chi connectivity index (χ2n) is 7.54. The van der Waals surface area contributed by atoms with E-state index in [1.54, 1.807) is 20.0 Å². The zero-order chi connectivity index (χ0) is 29.7. The van der Waals surface area contributed by atoms with Crippen LogP contribution in [-0.4, -0.2) is 0 Å². The Morgan fingerprint density at radius 2 is 0.590 bits per heavy atom. The molecule has 0 nitrogen and oxygen atoms in total. The maximum atomic E-state index is 4.86. The molecule has 0 radical (unpaired) electrons. The van der Waals surface area contributed by atoms with Crippen molar-refractivity contribution in [2.24, 2.45) is 0 Å². The van der Waals surface area contributed by atoms with E-state index < -0.39 is 14.5 Å². The molecular formula is C29H28Au2Cl6P2-4. The van der Waals surface area contributed by atoms with Crippen LogP contribution in [0.1, 0.15) is 0 Å². The van der Waals surface area contributed by atoms with Crippen molar-refractivity contribution in [2.45, 2.75) is 0 Å². The van der Waals surface area contributed by atoms with Crippen LogP contribution in [0.4, 0.5) is 0 Å². The predicted octanol–water partition coefficient (Wildman–Crippen LogP) is 10.7. The normalized spacial score (nSPS) is 10.4. The van der Waals surface area contributed by atoms with E-state index >= 15 is 0 Å². The maximum absolute atomic E-state index is 4.86. The van der Waals surface area contributed by atoms with Gasteiger partial charge in [0.05, 0.1) is 0 Å². The molecule has 0 spiro atoms. The molecule has 0 atom stereocenters. The van der Waals surface area contributed by atoms with Crippen molar-refractivity contribution in [3.63, 3.8) is 0 Å². The summed E-state index contributed by atoms with van der Waals surface area (Å²) < 4.78 is -0.167. The molecule has 0 fully saturated rings. The van der Waals surface area contributed by atoms with E-state index in [1.165, 1.54) is 21.2 Å². The first-order valence-corrected chi connectivity index (χ1v) is 24.2. The molecule has 0 aliphatic heterocycles. The summed E-state index contributed by atoms with van der Waals surface area (Å²) in [6, 6.07) is 41.3. The fourth-order valence-corrected chi connectivity index (χ4v) is 6.72. The van der Waals surface area contributed by atoms with E-state index in [2.05, 4.69) is 84.4 Å². The summed E-state index contributed by atoms with van der Waals surface area (Å²) in [5.74, 6) is 0. The van der Waals surface area contributed by atoms with Gasteiger partial charge in [-0.3, -0.25) is 0 Å². The van der Waals surface area contributed by atoms with Crippen LogP contribution < -0.4 is 21.2 Å². The minimum atomic E-state index is -1.65. The Balaban J connectivity index is 0.000000571. The van der Waals surface area contributed by atoms with Gasteiger partial charge in [0.25, 0.3) is 0 Å². The second-order valence-corrected chi connectivity index (χ2v) is 18.3. The summed E-state index contributed by atoms with van der Waals surface area (Å²) in [6.45, 7) is 17.2. The van der Waals surface area contributed by atoms with Crippen LogP contribution in [0, 0.1) is 31.0 Å². The van der Waals surface area contributed by atoms with E-state index in [1.807, 2.05) is 72.8 Å². The van der Waals surface area contributed by atoms with Gasteiger partial charge in [0.15, 0.2) is 0 Å². The Morgan fingerprint density at radius 1 is 0.462 bits per heavy atom. The summed E-state index contributed by atoms with van der Waals surface area (Å²) in [7, 11) is 11.0. The van der Waals surface area contributed by atoms with Crippen LogP contribution in [0.5, 0.6) is 0 Å². The number of hydrogen-bond donors (Lipinski definition) is 0. The van der Waals surface area contributed by atoms with E-state index in [0.717, 1.165) is 0 Å². The van der Waals surface area contributed by atoms with Gasteiger partial charge in [0.1, 0.15) is 0 Å². The van der Waals surface area contributed by atoms with Crippen molar-refractivity contribution < 1.29 is 37.6 Å². The Hall–Kier alpha value is 0.961. The number of halogens is 6. The van der Waals surface area contributed by atoms with Gasteiger partial charge < -0.3 is 34.8 Å². The summed E-state index contributed by atoms with van der Waals surface area (Å²) >= 11 is 15.5. The first kappa shape index (κ1) is 40.0. The summed E-state index contributed by atoms with van der Waals surface area (Å²) in [6.07, 6.45) is 0. The quantitative estimate of drug-likeness (QED) is 0.109. The molecule has 4 aromatic carbocycles. The Kier molecular flexibility index (Phi) is 24.0. The molecule has 0 aliphatic rings. The molecule has 4 rings (SSSR count). The summed E-state index contributed by atoms with van der Waals surface area (Å²) in [5.41, 5.74) is 0. The molecule has 0 aromatic heterocycles. The molecule has 0 aliphatic carbocycles. The van der Waals surface area contributed by atoms with Crippen LogP contribution >= 0.6 is 76.9 Å². The van der Waals surface area contributed by atoms with Gasteiger partial charge >= 0.3 is 65.1 Å². The molecule has 0 heterocycles. The monoisotopic (exact) mass is 1040 g/mol. The third-order valence-corrected chi connectivity index (χ3v) is 10.1. The van der Waals surface area contributed by atoms with Crippen molar-refractivity contribution in [1.82, 2.24) is 0 Å². The second kappa shape index (κ2) is 23.4. The molecule has 0 amide bonds. The van der Waals surface area contributed by atoms with Gasteiger partial charge in [-0.2, -0.15) is 41.2 Å². The predicted molar refractivity (Wildman–Crippen MR) is 178 cm³/mol. The molecule has 4 aromatic rings. The third-order valence-electron chi connectivity index (χ3n) is 5.00. The molecule has 10 heteroatoms. The number of benzene rings is 4. The molecule has 0 bridgehead atoms. The first-order chi connectivity index (χ1) is 18.6. The van der Waals surface area contributed by atoms with E-state index in [0.29, 0.717) is 0 Å².